The number of aromatic nitrogens is 2. The standard InChI is InChI=1S/C22H19N3O3/c1-14-19(15(2)28-25-14)13-27-21-10-6-4-8-18(21)22(26)24-17-11-16-7-3-5-9-20(16)23-12-17/h3-12H,13H2,1-2H3,(H,24,26). The van der Waals surface area contributed by atoms with E-state index >= 15 is 0 Å². The predicted octanol–water partition coefficient (Wildman–Crippen LogP) is 4.67. The van der Waals surface area contributed by atoms with E-state index < -0.39 is 0 Å². The van der Waals surface area contributed by atoms with Crippen molar-refractivity contribution in [3.8, 4) is 5.75 Å². The number of pyridine rings is 1. The van der Waals surface area contributed by atoms with Crippen LogP contribution in [0.4, 0.5) is 5.69 Å². The Morgan fingerprint density at radius 1 is 1.11 bits per heavy atom. The summed E-state index contributed by atoms with van der Waals surface area (Å²) in [5.41, 5.74) is 3.62. The lowest BCUT2D eigenvalue weighted by molar-refractivity contribution is 0.102. The molecule has 6 heteroatoms. The first-order chi connectivity index (χ1) is 13.6. The highest BCUT2D eigenvalue weighted by Gasteiger charge is 2.15. The third-order valence-corrected chi connectivity index (χ3v) is 4.53. The molecule has 4 aromatic rings. The van der Waals surface area contributed by atoms with Crippen LogP contribution in [0.5, 0.6) is 5.75 Å². The number of para-hydroxylation sites is 2. The van der Waals surface area contributed by atoms with Crippen LogP contribution in [0.15, 0.2) is 65.3 Å². The van der Waals surface area contributed by atoms with Gasteiger partial charge in [0.1, 0.15) is 18.1 Å². The van der Waals surface area contributed by atoms with Crippen LogP contribution < -0.4 is 10.1 Å². The molecular formula is C22H19N3O3. The van der Waals surface area contributed by atoms with Crippen LogP contribution in [0.1, 0.15) is 27.4 Å². The lowest BCUT2D eigenvalue weighted by Gasteiger charge is -2.12. The Labute approximate surface area is 162 Å². The molecule has 4 rings (SSSR count). The van der Waals surface area contributed by atoms with Gasteiger partial charge in [0, 0.05) is 5.39 Å². The maximum Gasteiger partial charge on any atom is 0.259 e. The summed E-state index contributed by atoms with van der Waals surface area (Å²) in [7, 11) is 0. The molecule has 0 fully saturated rings. The van der Waals surface area contributed by atoms with Gasteiger partial charge in [0.25, 0.3) is 5.91 Å². The van der Waals surface area contributed by atoms with Crippen molar-refractivity contribution in [3.63, 3.8) is 0 Å². The van der Waals surface area contributed by atoms with Crippen LogP contribution in [-0.2, 0) is 6.61 Å². The third kappa shape index (κ3) is 3.57. The molecule has 0 aliphatic heterocycles. The molecule has 0 unspecified atom stereocenters. The molecule has 0 atom stereocenters. The van der Waals surface area contributed by atoms with E-state index in [1.165, 1.54) is 0 Å². The molecule has 0 aliphatic carbocycles. The number of hydrogen-bond donors (Lipinski definition) is 1. The number of benzene rings is 2. The summed E-state index contributed by atoms with van der Waals surface area (Å²) in [5, 5.41) is 7.78. The zero-order valence-corrected chi connectivity index (χ0v) is 15.6. The van der Waals surface area contributed by atoms with E-state index in [2.05, 4.69) is 15.5 Å². The van der Waals surface area contributed by atoms with Crippen LogP contribution in [-0.4, -0.2) is 16.0 Å². The van der Waals surface area contributed by atoms with Gasteiger partial charge in [-0.2, -0.15) is 0 Å². The molecule has 0 saturated heterocycles. The van der Waals surface area contributed by atoms with Crippen LogP contribution in [0.25, 0.3) is 10.9 Å². The summed E-state index contributed by atoms with van der Waals surface area (Å²) in [6.07, 6.45) is 1.65. The van der Waals surface area contributed by atoms with E-state index in [4.69, 9.17) is 9.26 Å². The lowest BCUT2D eigenvalue weighted by Crippen LogP contribution is -2.14. The molecule has 0 saturated carbocycles. The smallest absolute Gasteiger partial charge is 0.259 e. The fourth-order valence-electron chi connectivity index (χ4n) is 2.98. The summed E-state index contributed by atoms with van der Waals surface area (Å²) >= 11 is 0. The summed E-state index contributed by atoms with van der Waals surface area (Å²) in [5.74, 6) is 0.946. The maximum atomic E-state index is 12.8. The highest BCUT2D eigenvalue weighted by atomic mass is 16.5. The monoisotopic (exact) mass is 373 g/mol. The number of anilines is 1. The number of carbonyl (C=O) groups is 1. The van der Waals surface area contributed by atoms with Crippen molar-refractivity contribution in [2.75, 3.05) is 5.32 Å². The van der Waals surface area contributed by atoms with E-state index in [0.717, 1.165) is 22.2 Å². The Balaban J connectivity index is 1.54. The number of fused-ring (bicyclic) bond motifs is 1. The minimum absolute atomic E-state index is 0.258. The van der Waals surface area contributed by atoms with E-state index in [0.29, 0.717) is 22.8 Å². The molecule has 0 spiro atoms. The molecule has 2 heterocycles. The zero-order chi connectivity index (χ0) is 19.5. The number of rotatable bonds is 5. The largest absolute Gasteiger partial charge is 0.488 e. The zero-order valence-electron chi connectivity index (χ0n) is 15.6. The topological polar surface area (TPSA) is 77.2 Å². The van der Waals surface area contributed by atoms with Crippen molar-refractivity contribution in [3.05, 3.63) is 83.4 Å². The van der Waals surface area contributed by atoms with Gasteiger partial charge in [-0.3, -0.25) is 9.78 Å². The minimum Gasteiger partial charge on any atom is -0.488 e. The minimum atomic E-state index is -0.258. The van der Waals surface area contributed by atoms with E-state index in [1.807, 2.05) is 50.2 Å². The van der Waals surface area contributed by atoms with Crippen LogP contribution in [0, 0.1) is 13.8 Å². The Morgan fingerprint density at radius 2 is 1.89 bits per heavy atom. The Morgan fingerprint density at radius 3 is 2.71 bits per heavy atom. The van der Waals surface area contributed by atoms with Gasteiger partial charge < -0.3 is 14.6 Å². The maximum absolute atomic E-state index is 12.8. The quantitative estimate of drug-likeness (QED) is 0.550. The lowest BCUT2D eigenvalue weighted by atomic mass is 10.1. The van der Waals surface area contributed by atoms with Gasteiger partial charge >= 0.3 is 0 Å². The number of hydrogen-bond acceptors (Lipinski definition) is 5. The first-order valence-electron chi connectivity index (χ1n) is 8.91. The first kappa shape index (κ1) is 17.7. The third-order valence-electron chi connectivity index (χ3n) is 4.53. The van der Waals surface area contributed by atoms with Crippen molar-refractivity contribution in [1.29, 1.82) is 0 Å². The number of nitrogens with zero attached hydrogens (tertiary/aromatic N) is 2. The van der Waals surface area contributed by atoms with Crippen molar-refractivity contribution in [2.24, 2.45) is 0 Å². The molecule has 1 amide bonds. The Hall–Kier alpha value is -3.67. The van der Waals surface area contributed by atoms with Gasteiger partial charge in [-0.05, 0) is 38.1 Å². The number of nitrogens with one attached hydrogen (secondary N) is 1. The van der Waals surface area contributed by atoms with Gasteiger partial charge in [0.15, 0.2) is 0 Å². The van der Waals surface area contributed by atoms with Crippen LogP contribution in [0.2, 0.25) is 0 Å². The number of amides is 1. The summed E-state index contributed by atoms with van der Waals surface area (Å²) in [6, 6.07) is 16.8. The van der Waals surface area contributed by atoms with E-state index in [9.17, 15) is 4.79 Å². The second kappa shape index (κ2) is 7.52. The van der Waals surface area contributed by atoms with Crippen molar-refractivity contribution in [2.45, 2.75) is 20.5 Å². The Kier molecular flexibility index (Phi) is 4.76. The van der Waals surface area contributed by atoms with Crippen LogP contribution >= 0.6 is 0 Å². The molecule has 6 nitrogen and oxygen atoms in total. The molecule has 0 aliphatic rings. The molecule has 28 heavy (non-hydrogen) atoms. The number of aryl methyl sites for hydroxylation is 2. The molecule has 0 bridgehead atoms. The molecule has 1 N–H and O–H groups in total. The van der Waals surface area contributed by atoms with Crippen molar-refractivity contribution >= 4 is 22.5 Å². The van der Waals surface area contributed by atoms with Gasteiger partial charge in [-0.25, -0.2) is 0 Å². The van der Waals surface area contributed by atoms with Gasteiger partial charge in [0.2, 0.25) is 0 Å². The van der Waals surface area contributed by atoms with Crippen molar-refractivity contribution < 1.29 is 14.1 Å². The highest BCUT2D eigenvalue weighted by Crippen LogP contribution is 2.23. The first-order valence-corrected chi connectivity index (χ1v) is 8.91. The average Bonchev–Trinajstić information content (AvgIpc) is 3.04. The fraction of sp³-hybridized carbons (Fsp3) is 0.136. The van der Waals surface area contributed by atoms with Gasteiger partial charge in [-0.1, -0.05) is 35.5 Å². The van der Waals surface area contributed by atoms with Crippen LogP contribution in [0.3, 0.4) is 0 Å². The normalized spacial score (nSPS) is 10.8. The molecule has 2 aromatic carbocycles. The summed E-state index contributed by atoms with van der Waals surface area (Å²) in [6.45, 7) is 3.98. The average molecular weight is 373 g/mol. The van der Waals surface area contributed by atoms with Gasteiger partial charge in [0.05, 0.1) is 34.2 Å². The second-order valence-corrected chi connectivity index (χ2v) is 6.46. The highest BCUT2D eigenvalue weighted by molar-refractivity contribution is 6.06. The number of ether oxygens (including phenoxy) is 1. The van der Waals surface area contributed by atoms with E-state index in [-0.39, 0.29) is 12.5 Å². The molecule has 0 radical (unpaired) electrons. The molecular weight excluding hydrogens is 354 g/mol. The van der Waals surface area contributed by atoms with Crippen molar-refractivity contribution in [1.82, 2.24) is 10.1 Å². The molecule has 2 aromatic heterocycles. The second-order valence-electron chi connectivity index (χ2n) is 6.46. The SMILES string of the molecule is Cc1noc(C)c1COc1ccccc1C(=O)Nc1cnc2ccccc2c1. The predicted molar refractivity (Wildman–Crippen MR) is 106 cm³/mol. The summed E-state index contributed by atoms with van der Waals surface area (Å²) in [4.78, 5) is 17.2. The molecule has 140 valence electrons. The Bertz CT molecular complexity index is 1130. The van der Waals surface area contributed by atoms with Gasteiger partial charge in [-0.15, -0.1) is 0 Å². The van der Waals surface area contributed by atoms with E-state index in [1.54, 1.807) is 24.4 Å². The number of carbonyl (C=O) groups excluding carboxylic acids is 1. The fourth-order valence-corrected chi connectivity index (χ4v) is 2.98. The summed E-state index contributed by atoms with van der Waals surface area (Å²) < 4.78 is 11.1.